The van der Waals surface area contributed by atoms with Gasteiger partial charge in [0.25, 0.3) is 0 Å². The van der Waals surface area contributed by atoms with E-state index in [9.17, 15) is 14.7 Å². The molecule has 2 aromatic heterocycles. The van der Waals surface area contributed by atoms with Crippen LogP contribution in [0.5, 0.6) is 0 Å². The van der Waals surface area contributed by atoms with Crippen molar-refractivity contribution in [1.29, 1.82) is 0 Å². The zero-order valence-electron chi connectivity index (χ0n) is 24.1. The summed E-state index contributed by atoms with van der Waals surface area (Å²) in [6.45, 7) is 10.8. The first kappa shape index (κ1) is 28.7. The predicted molar refractivity (Wildman–Crippen MR) is 154 cm³/mol. The van der Waals surface area contributed by atoms with E-state index in [0.29, 0.717) is 39.0 Å². The third kappa shape index (κ3) is 6.81. The summed E-state index contributed by atoms with van der Waals surface area (Å²) in [4.78, 5) is 39.8. The summed E-state index contributed by atoms with van der Waals surface area (Å²) in [5.74, 6) is 0.888. The number of hydrogen-bond donors (Lipinski definition) is 3. The third-order valence-electron chi connectivity index (χ3n) is 7.58. The molecule has 2 amide bonds. The molecule has 0 spiro atoms. The fourth-order valence-electron chi connectivity index (χ4n) is 5.67. The molecule has 214 valence electrons. The van der Waals surface area contributed by atoms with Crippen LogP contribution in [0.15, 0.2) is 24.5 Å². The van der Waals surface area contributed by atoms with Crippen molar-refractivity contribution in [3.8, 4) is 0 Å². The lowest BCUT2D eigenvalue weighted by Gasteiger charge is -2.41. The minimum absolute atomic E-state index is 0.00296. The van der Waals surface area contributed by atoms with Gasteiger partial charge in [0.2, 0.25) is 5.91 Å². The molecule has 2 aromatic rings. The highest BCUT2D eigenvalue weighted by atomic mass is 16.4. The molecule has 2 saturated heterocycles. The standard InChI is InChI=1S/C28H44N8O3/c1-18(2)30-24-15-22(26-27(32-24)36(17-29-26)19(3)4)31-21-10-13-35(28(38)39)23(14-21)20-9-12-34(16-20)25(37)8-7-11-33(5)6/h7-8,15,17-21,23H,9-14,16H2,1-6H3,(H,38,39)(H2,30,31,32)/b8-7+. The van der Waals surface area contributed by atoms with Crippen molar-refractivity contribution in [2.75, 3.05) is 50.9 Å². The maximum absolute atomic E-state index is 12.7. The Morgan fingerprint density at radius 3 is 2.64 bits per heavy atom. The van der Waals surface area contributed by atoms with E-state index in [-0.39, 0.29) is 36.0 Å². The maximum atomic E-state index is 12.7. The van der Waals surface area contributed by atoms with Gasteiger partial charge in [0, 0.05) is 62.5 Å². The van der Waals surface area contributed by atoms with Gasteiger partial charge in [-0.25, -0.2) is 14.8 Å². The predicted octanol–water partition coefficient (Wildman–Crippen LogP) is 3.72. The Hall–Kier alpha value is -3.34. The number of hydrogen-bond acceptors (Lipinski definition) is 7. The second-order valence-electron chi connectivity index (χ2n) is 11.7. The highest BCUT2D eigenvalue weighted by molar-refractivity contribution is 5.88. The second kappa shape index (κ2) is 12.2. The molecule has 3 atom stereocenters. The molecule has 3 unspecified atom stereocenters. The van der Waals surface area contributed by atoms with Gasteiger partial charge in [-0.1, -0.05) is 6.08 Å². The lowest BCUT2D eigenvalue weighted by atomic mass is 9.87. The minimum atomic E-state index is -0.889. The number of carbonyl (C=O) groups is 2. The number of carboxylic acid groups (broad SMARTS) is 1. The summed E-state index contributed by atoms with van der Waals surface area (Å²) >= 11 is 0. The number of pyridine rings is 1. The molecule has 2 aliphatic rings. The largest absolute Gasteiger partial charge is 0.465 e. The molecule has 39 heavy (non-hydrogen) atoms. The monoisotopic (exact) mass is 540 g/mol. The van der Waals surface area contributed by atoms with E-state index in [0.717, 1.165) is 29.1 Å². The van der Waals surface area contributed by atoms with Gasteiger partial charge >= 0.3 is 6.09 Å². The molecule has 11 nitrogen and oxygen atoms in total. The molecule has 2 fully saturated rings. The molecule has 0 bridgehead atoms. The first-order valence-corrected chi connectivity index (χ1v) is 14.0. The fourth-order valence-corrected chi connectivity index (χ4v) is 5.67. The second-order valence-corrected chi connectivity index (χ2v) is 11.7. The van der Waals surface area contributed by atoms with E-state index in [1.165, 1.54) is 0 Å². The Morgan fingerprint density at radius 1 is 1.21 bits per heavy atom. The van der Waals surface area contributed by atoms with Crippen molar-refractivity contribution in [3.05, 3.63) is 24.5 Å². The zero-order valence-corrected chi connectivity index (χ0v) is 24.1. The van der Waals surface area contributed by atoms with E-state index >= 15 is 0 Å². The Bertz CT molecular complexity index is 1190. The lowest BCUT2D eigenvalue weighted by molar-refractivity contribution is -0.125. The van der Waals surface area contributed by atoms with Gasteiger partial charge in [0.1, 0.15) is 11.3 Å². The number of piperidine rings is 1. The van der Waals surface area contributed by atoms with Crippen LogP contribution in [-0.4, -0.2) is 105 Å². The van der Waals surface area contributed by atoms with Crippen molar-refractivity contribution >= 4 is 34.7 Å². The molecule has 0 aromatic carbocycles. The lowest BCUT2D eigenvalue weighted by Crippen LogP contribution is -2.52. The smallest absolute Gasteiger partial charge is 0.407 e. The first-order chi connectivity index (χ1) is 18.5. The van der Waals surface area contributed by atoms with Gasteiger partial charge in [0.05, 0.1) is 12.0 Å². The zero-order chi connectivity index (χ0) is 28.3. The number of nitrogens with one attached hydrogen (secondary N) is 2. The molecular weight excluding hydrogens is 496 g/mol. The first-order valence-electron chi connectivity index (χ1n) is 14.0. The molecule has 0 aliphatic carbocycles. The third-order valence-corrected chi connectivity index (χ3v) is 7.58. The quantitative estimate of drug-likeness (QED) is 0.412. The van der Waals surface area contributed by atoms with E-state index in [1.54, 1.807) is 11.0 Å². The van der Waals surface area contributed by atoms with Crippen LogP contribution in [-0.2, 0) is 4.79 Å². The van der Waals surface area contributed by atoms with Gasteiger partial charge < -0.3 is 35.0 Å². The summed E-state index contributed by atoms with van der Waals surface area (Å²) in [5, 5.41) is 17.1. The van der Waals surface area contributed by atoms with Gasteiger partial charge in [-0.2, -0.15) is 0 Å². The number of nitrogens with zero attached hydrogens (tertiary/aromatic N) is 6. The molecule has 4 heterocycles. The van der Waals surface area contributed by atoms with Gasteiger partial charge in [-0.05, 0) is 67.0 Å². The van der Waals surface area contributed by atoms with E-state index in [4.69, 9.17) is 4.98 Å². The minimum Gasteiger partial charge on any atom is -0.465 e. The van der Waals surface area contributed by atoms with Crippen LogP contribution in [0.2, 0.25) is 0 Å². The summed E-state index contributed by atoms with van der Waals surface area (Å²) < 4.78 is 2.07. The normalized spacial score (nSPS) is 22.1. The number of imidazole rings is 1. The molecule has 0 saturated carbocycles. The number of rotatable bonds is 9. The van der Waals surface area contributed by atoms with Crippen LogP contribution in [0.4, 0.5) is 16.3 Å². The number of aromatic nitrogens is 3. The Balaban J connectivity index is 1.52. The maximum Gasteiger partial charge on any atom is 0.407 e. The van der Waals surface area contributed by atoms with Gasteiger partial charge in [0.15, 0.2) is 5.65 Å². The summed E-state index contributed by atoms with van der Waals surface area (Å²) in [6, 6.07) is 2.38. The van der Waals surface area contributed by atoms with Crippen molar-refractivity contribution in [1.82, 2.24) is 29.2 Å². The van der Waals surface area contributed by atoms with E-state index < -0.39 is 6.09 Å². The SMILES string of the molecule is CC(C)Nc1cc(NC2CCN(C(=O)O)C(C3CCN(C(=O)/C=C/CN(C)C)C3)C2)c2ncn(C(C)C)c2n1. The number of amides is 2. The van der Waals surface area contributed by atoms with Gasteiger partial charge in [-0.15, -0.1) is 0 Å². The van der Waals surface area contributed by atoms with Crippen molar-refractivity contribution in [2.45, 2.75) is 71.1 Å². The van der Waals surface area contributed by atoms with Gasteiger partial charge in [-0.3, -0.25) is 4.79 Å². The molecule has 3 N–H and O–H groups in total. The topological polar surface area (TPSA) is 119 Å². The number of fused-ring (bicyclic) bond motifs is 1. The molecule has 2 aliphatic heterocycles. The Morgan fingerprint density at radius 2 is 1.97 bits per heavy atom. The Kier molecular flexibility index (Phi) is 8.99. The molecular formula is C28H44N8O3. The van der Waals surface area contributed by atoms with Crippen LogP contribution in [0, 0.1) is 5.92 Å². The van der Waals surface area contributed by atoms with Crippen LogP contribution in [0.3, 0.4) is 0 Å². The number of carbonyl (C=O) groups excluding carboxylic acids is 1. The van der Waals surface area contributed by atoms with Crippen molar-refractivity contribution in [3.63, 3.8) is 0 Å². The summed E-state index contributed by atoms with van der Waals surface area (Å²) in [6.07, 6.45) is 6.63. The van der Waals surface area contributed by atoms with Crippen LogP contribution < -0.4 is 10.6 Å². The summed E-state index contributed by atoms with van der Waals surface area (Å²) in [7, 11) is 3.92. The number of anilines is 2. The molecule has 11 heteroatoms. The average molecular weight is 541 g/mol. The van der Waals surface area contributed by atoms with Crippen LogP contribution in [0.1, 0.15) is 53.0 Å². The van der Waals surface area contributed by atoms with Crippen molar-refractivity contribution < 1.29 is 14.7 Å². The highest BCUT2D eigenvalue weighted by Crippen LogP contribution is 2.33. The fraction of sp³-hybridized carbons (Fsp3) is 0.643. The number of likely N-dealkylation sites (N-methyl/N-ethyl adjacent to an activating group) is 1. The van der Waals surface area contributed by atoms with Crippen LogP contribution in [0.25, 0.3) is 11.2 Å². The molecule has 4 rings (SSSR count). The Labute approximate surface area is 231 Å². The average Bonchev–Trinajstić information content (AvgIpc) is 3.51. The van der Waals surface area contributed by atoms with E-state index in [2.05, 4.69) is 47.9 Å². The van der Waals surface area contributed by atoms with Crippen molar-refractivity contribution in [2.24, 2.45) is 5.92 Å². The summed E-state index contributed by atoms with van der Waals surface area (Å²) in [5.41, 5.74) is 2.55. The number of likely N-dealkylation sites (tertiary alicyclic amines) is 2. The molecule has 0 radical (unpaired) electrons. The van der Waals surface area contributed by atoms with Crippen LogP contribution >= 0.6 is 0 Å². The van der Waals surface area contributed by atoms with E-state index in [1.807, 2.05) is 42.4 Å². The highest BCUT2D eigenvalue weighted by Gasteiger charge is 2.40.